The predicted octanol–water partition coefficient (Wildman–Crippen LogP) is 5.62. The Kier molecular flexibility index (Phi) is 9.17. The van der Waals surface area contributed by atoms with Gasteiger partial charge in [-0.3, -0.25) is 4.99 Å². The van der Waals surface area contributed by atoms with Crippen molar-refractivity contribution in [3.63, 3.8) is 0 Å². The van der Waals surface area contributed by atoms with Crippen molar-refractivity contribution in [2.75, 3.05) is 12.3 Å². The van der Waals surface area contributed by atoms with E-state index in [0.717, 1.165) is 6.07 Å². The number of rotatable bonds is 4. The summed E-state index contributed by atoms with van der Waals surface area (Å²) in [6.07, 6.45) is -6.96. The minimum Gasteiger partial charge on any atom is -0.475 e. The zero-order valence-corrected chi connectivity index (χ0v) is 23.9. The number of aliphatic imine (C=N–C) groups is 1. The van der Waals surface area contributed by atoms with Crippen LogP contribution in [0.2, 0.25) is 5.02 Å². The van der Waals surface area contributed by atoms with Gasteiger partial charge in [0.25, 0.3) is 0 Å². The van der Waals surface area contributed by atoms with E-state index in [1.54, 1.807) is 0 Å². The van der Waals surface area contributed by atoms with Gasteiger partial charge in [0.15, 0.2) is 17.3 Å². The number of hydrogen-bond donors (Lipinski definition) is 2. The summed E-state index contributed by atoms with van der Waals surface area (Å²) >= 11 is 5.80. The summed E-state index contributed by atoms with van der Waals surface area (Å²) < 4.78 is 107. The van der Waals surface area contributed by atoms with Crippen LogP contribution < -0.4 is 5.73 Å². The molecule has 0 unspecified atom stereocenters. The van der Waals surface area contributed by atoms with Crippen LogP contribution in [0.15, 0.2) is 50.5 Å². The maximum atomic E-state index is 15.1. The molecule has 10 nitrogen and oxygen atoms in total. The van der Waals surface area contributed by atoms with E-state index in [9.17, 15) is 30.6 Å². The minimum atomic E-state index is -5.08. The molecule has 3 N–H and O–H groups in total. The highest BCUT2D eigenvalue weighted by Crippen LogP contribution is 2.40. The van der Waals surface area contributed by atoms with Gasteiger partial charge < -0.3 is 15.4 Å². The molecule has 0 radical (unpaired) electrons. The molecule has 1 aliphatic rings. The maximum Gasteiger partial charge on any atom is 0.490 e. The van der Waals surface area contributed by atoms with Crippen molar-refractivity contribution in [1.82, 2.24) is 15.1 Å². The van der Waals surface area contributed by atoms with E-state index in [-0.39, 0.29) is 23.0 Å². The molecule has 0 spiro atoms. The molecule has 0 aliphatic carbocycles. The molecule has 0 saturated heterocycles. The molecule has 19 heteroatoms. The number of nitrogens with zero attached hydrogens (tertiary/aromatic N) is 5. The zero-order valence-electron chi connectivity index (χ0n) is 22.3. The SMILES string of the molecule is CC1(C)C(N)=N[C@](C)(c2cc(-c3cc(-c4ncc(Cl)cn4)no3)ccc2F)C[S@]1(=O)=NCC(F)(F)F.O=C(O)C(F)(F)F. The van der Waals surface area contributed by atoms with Crippen LogP contribution in [0, 0.1) is 5.82 Å². The first-order valence-electron chi connectivity index (χ1n) is 11.8. The summed E-state index contributed by atoms with van der Waals surface area (Å²) in [6.45, 7) is 2.66. The first-order valence-corrected chi connectivity index (χ1v) is 13.8. The van der Waals surface area contributed by atoms with Crippen LogP contribution in [0.1, 0.15) is 26.3 Å². The third-order valence-electron chi connectivity index (χ3n) is 6.14. The smallest absolute Gasteiger partial charge is 0.475 e. The minimum absolute atomic E-state index is 0.0333. The lowest BCUT2D eigenvalue weighted by Gasteiger charge is -2.40. The Balaban J connectivity index is 0.000000646. The van der Waals surface area contributed by atoms with Gasteiger partial charge in [-0.2, -0.15) is 26.3 Å². The number of alkyl halides is 6. The molecule has 2 aromatic heterocycles. The average molecular weight is 659 g/mol. The van der Waals surface area contributed by atoms with Crippen molar-refractivity contribution in [3.05, 3.63) is 53.1 Å². The highest BCUT2D eigenvalue weighted by atomic mass is 35.5. The second-order valence-corrected chi connectivity index (χ2v) is 13.1. The molecular formula is C24H22ClF7N6O4S. The summed E-state index contributed by atoms with van der Waals surface area (Å²) in [7, 11) is -3.62. The van der Waals surface area contributed by atoms with Gasteiger partial charge in [-0.1, -0.05) is 16.8 Å². The molecule has 0 fully saturated rings. The third-order valence-corrected chi connectivity index (χ3v) is 9.64. The Labute approximate surface area is 244 Å². The van der Waals surface area contributed by atoms with E-state index in [0.29, 0.717) is 16.3 Å². The molecule has 1 aromatic carbocycles. The van der Waals surface area contributed by atoms with Crippen molar-refractivity contribution in [2.45, 2.75) is 43.4 Å². The highest BCUT2D eigenvalue weighted by molar-refractivity contribution is 7.95. The first-order chi connectivity index (χ1) is 19.6. The van der Waals surface area contributed by atoms with E-state index in [1.165, 1.54) is 51.4 Å². The van der Waals surface area contributed by atoms with Crippen molar-refractivity contribution in [3.8, 4) is 22.8 Å². The summed E-state index contributed by atoms with van der Waals surface area (Å²) in [5.41, 5.74) is 5.17. The molecule has 0 amide bonds. The number of aliphatic carboxylic acids is 1. The van der Waals surface area contributed by atoms with Crippen molar-refractivity contribution < 1.29 is 49.4 Å². The van der Waals surface area contributed by atoms with Crippen LogP contribution >= 0.6 is 11.6 Å². The van der Waals surface area contributed by atoms with E-state index < -0.39 is 56.5 Å². The van der Waals surface area contributed by atoms with E-state index in [2.05, 4.69) is 24.5 Å². The number of amidine groups is 1. The Morgan fingerprint density at radius 3 is 2.26 bits per heavy atom. The number of benzene rings is 1. The lowest BCUT2D eigenvalue weighted by molar-refractivity contribution is -0.192. The maximum absolute atomic E-state index is 15.1. The van der Waals surface area contributed by atoms with Crippen molar-refractivity contribution >= 4 is 33.1 Å². The summed E-state index contributed by atoms with van der Waals surface area (Å²) in [6, 6.07) is 5.52. The molecule has 2 atom stereocenters. The monoisotopic (exact) mass is 658 g/mol. The lowest BCUT2D eigenvalue weighted by Crippen LogP contribution is -2.55. The topological polar surface area (TPSA) is 157 Å². The molecule has 4 rings (SSSR count). The van der Waals surface area contributed by atoms with Crippen molar-refractivity contribution in [1.29, 1.82) is 0 Å². The molecule has 43 heavy (non-hydrogen) atoms. The average Bonchev–Trinajstić information content (AvgIpc) is 3.37. The van der Waals surface area contributed by atoms with Crippen LogP contribution in [0.3, 0.4) is 0 Å². The number of nitrogens with two attached hydrogens (primary N) is 1. The summed E-state index contributed by atoms with van der Waals surface area (Å²) in [4.78, 5) is 21.4. The number of aromatic nitrogens is 3. The van der Waals surface area contributed by atoms with Crippen LogP contribution in [0.25, 0.3) is 22.8 Å². The fourth-order valence-electron chi connectivity index (χ4n) is 3.73. The largest absolute Gasteiger partial charge is 0.490 e. The number of hydrogen-bond acceptors (Lipinski definition) is 9. The molecule has 0 bridgehead atoms. The van der Waals surface area contributed by atoms with Gasteiger partial charge in [0, 0.05) is 29.6 Å². The number of carboxylic acid groups (broad SMARTS) is 1. The van der Waals surface area contributed by atoms with Gasteiger partial charge >= 0.3 is 18.3 Å². The van der Waals surface area contributed by atoms with E-state index in [4.69, 9.17) is 31.8 Å². The fourth-order valence-corrected chi connectivity index (χ4v) is 6.31. The fraction of sp³-hybridized carbons (Fsp3) is 0.375. The molecule has 3 aromatic rings. The number of carbonyl (C=O) groups is 1. The van der Waals surface area contributed by atoms with Gasteiger partial charge in [0.05, 0.1) is 20.5 Å². The van der Waals surface area contributed by atoms with E-state index >= 15 is 4.39 Å². The van der Waals surface area contributed by atoms with Crippen LogP contribution in [0.4, 0.5) is 30.7 Å². The number of carboxylic acids is 1. The Morgan fingerprint density at radius 1 is 1.14 bits per heavy atom. The second-order valence-electron chi connectivity index (χ2n) is 9.77. The van der Waals surface area contributed by atoms with Gasteiger partial charge in [0.2, 0.25) is 0 Å². The Morgan fingerprint density at radius 2 is 1.72 bits per heavy atom. The number of halogens is 8. The lowest BCUT2D eigenvalue weighted by atomic mass is 9.91. The van der Waals surface area contributed by atoms with Gasteiger partial charge in [-0.05, 0) is 39.0 Å². The van der Waals surface area contributed by atoms with Crippen LogP contribution in [-0.2, 0) is 20.1 Å². The molecule has 0 saturated carbocycles. The van der Waals surface area contributed by atoms with Crippen molar-refractivity contribution in [2.24, 2.45) is 15.1 Å². The van der Waals surface area contributed by atoms with Crippen LogP contribution in [0.5, 0.6) is 0 Å². The standard InChI is InChI=1S/C22H21ClF4N6O2S.C2HF3O2/c1-20(2)19(28)32-21(3,11-36(20,34)31-10-22(25,26)27)14-6-12(4-5-15(14)24)17-7-16(33-35-17)18-29-8-13(23)9-30-18;3-2(4,5)1(6)7/h4-9H,10-11H2,1-3H3,(H2,28,32);(H,6,7)/t21-,36+;/m0./s1. The molecular weight excluding hydrogens is 637 g/mol. The van der Waals surface area contributed by atoms with Crippen LogP contribution in [-0.4, -0.2) is 65.6 Å². The third kappa shape index (κ3) is 7.59. The Hall–Kier alpha value is -3.80. The Bertz CT molecular complexity index is 1670. The van der Waals surface area contributed by atoms with Gasteiger partial charge in [-0.15, -0.1) is 0 Å². The van der Waals surface area contributed by atoms with Gasteiger partial charge in [0.1, 0.15) is 28.5 Å². The predicted molar refractivity (Wildman–Crippen MR) is 141 cm³/mol. The zero-order chi connectivity index (χ0) is 32.6. The molecule has 3 heterocycles. The quantitative estimate of drug-likeness (QED) is 0.342. The van der Waals surface area contributed by atoms with Gasteiger partial charge in [-0.25, -0.2) is 27.7 Å². The summed E-state index contributed by atoms with van der Waals surface area (Å²) in [5, 5.41) is 11.4. The molecule has 234 valence electrons. The first kappa shape index (κ1) is 33.7. The van der Waals surface area contributed by atoms with E-state index in [1.807, 2.05) is 0 Å². The normalized spacial score (nSPS) is 21.8. The summed E-state index contributed by atoms with van der Waals surface area (Å²) in [5.74, 6) is -3.63. The molecule has 1 aliphatic heterocycles. The highest BCUT2D eigenvalue weighted by Gasteiger charge is 2.48. The second kappa shape index (κ2) is 11.7.